The van der Waals surface area contributed by atoms with Crippen LogP contribution in [0, 0.1) is 0 Å². The summed E-state index contributed by atoms with van der Waals surface area (Å²) in [7, 11) is -2.12. The fraction of sp³-hybridized carbons (Fsp3) is 0.545. The Hall–Kier alpha value is -1.35. The molecule has 114 valence electrons. The Bertz CT molecular complexity index is 532. The van der Waals surface area contributed by atoms with E-state index in [0.717, 1.165) is 17.0 Å². The topological polar surface area (TPSA) is 106 Å². The van der Waals surface area contributed by atoms with Crippen LogP contribution < -0.4 is 4.84 Å². The van der Waals surface area contributed by atoms with Gasteiger partial charge in [-0.3, -0.25) is 0 Å². The Morgan fingerprint density at radius 1 is 1.25 bits per heavy atom. The highest BCUT2D eigenvalue weighted by molar-refractivity contribution is 8.71. The highest BCUT2D eigenvalue weighted by Crippen LogP contribution is 2.19. The van der Waals surface area contributed by atoms with Crippen LogP contribution in [-0.4, -0.2) is 41.3 Å². The molecule has 1 aromatic heterocycles. The van der Waals surface area contributed by atoms with Gasteiger partial charge in [-0.05, 0) is 23.6 Å². The van der Waals surface area contributed by atoms with Crippen LogP contribution in [-0.2, 0) is 13.7 Å². The third-order valence-corrected chi connectivity index (χ3v) is 4.98. The molecule has 0 fully saturated rings. The van der Waals surface area contributed by atoms with Crippen molar-refractivity contribution in [2.45, 2.75) is 25.7 Å². The fourth-order valence-electron chi connectivity index (χ4n) is 1.40. The minimum atomic E-state index is -3.01. The summed E-state index contributed by atoms with van der Waals surface area (Å²) in [6.45, 7) is 0. The molecule has 0 atom stereocenters. The molecule has 2 N–H and O–H groups in total. The third-order valence-electron chi connectivity index (χ3n) is 2.31. The van der Waals surface area contributed by atoms with Gasteiger partial charge >= 0.3 is 5.97 Å². The van der Waals surface area contributed by atoms with Crippen LogP contribution >= 0.6 is 10.8 Å². The lowest BCUT2D eigenvalue weighted by atomic mass is 10.2. The molecule has 0 aliphatic rings. The normalized spacial score (nSPS) is 11.4. The number of hydrogen-bond donors (Lipinski definition) is 2. The van der Waals surface area contributed by atoms with Crippen LogP contribution in [0.1, 0.15) is 25.7 Å². The Morgan fingerprint density at radius 2 is 1.85 bits per heavy atom. The van der Waals surface area contributed by atoms with Gasteiger partial charge in [-0.25, -0.2) is 13.2 Å². The van der Waals surface area contributed by atoms with Gasteiger partial charge in [-0.15, -0.1) is 4.73 Å². The first-order chi connectivity index (χ1) is 9.29. The van der Waals surface area contributed by atoms with Gasteiger partial charge in [0, 0.05) is 30.6 Å². The van der Waals surface area contributed by atoms with Crippen LogP contribution in [0.2, 0.25) is 0 Å². The predicted octanol–water partition coefficient (Wildman–Crippen LogP) is 1.11. The maximum Gasteiger partial charge on any atom is 0.333 e. The quantitative estimate of drug-likeness (QED) is 0.545. The summed E-state index contributed by atoms with van der Waals surface area (Å²) in [4.78, 5) is 16.2. The summed E-state index contributed by atoms with van der Waals surface area (Å²) < 4.78 is 22.3. The van der Waals surface area contributed by atoms with E-state index < -0.39 is 14.8 Å². The van der Waals surface area contributed by atoms with E-state index in [1.807, 2.05) is 0 Å². The van der Waals surface area contributed by atoms with E-state index in [0.29, 0.717) is 29.7 Å². The standard InChI is InChI=1S/C11H17NO6S2/c1-20(16,17)19-8-4-2-3-5-11(15)18-12-9(13)6-7-10(12)14/h6-7,13-14H,2-5,8H2,1H3. The molecule has 1 heterocycles. The zero-order chi connectivity index (χ0) is 15.2. The number of nitrogens with zero attached hydrogens (tertiary/aromatic N) is 1. The predicted molar refractivity (Wildman–Crippen MR) is 75.1 cm³/mol. The molecule has 1 aromatic rings. The van der Waals surface area contributed by atoms with E-state index in [-0.39, 0.29) is 18.2 Å². The van der Waals surface area contributed by atoms with Gasteiger partial charge < -0.3 is 15.1 Å². The highest BCUT2D eigenvalue weighted by atomic mass is 33.1. The summed E-state index contributed by atoms with van der Waals surface area (Å²) in [5.41, 5.74) is 0. The van der Waals surface area contributed by atoms with Crippen LogP contribution in [0.15, 0.2) is 12.1 Å². The largest absolute Gasteiger partial charge is 0.492 e. The van der Waals surface area contributed by atoms with Crippen molar-refractivity contribution in [3.63, 3.8) is 0 Å². The van der Waals surface area contributed by atoms with E-state index in [4.69, 9.17) is 4.84 Å². The van der Waals surface area contributed by atoms with Crippen molar-refractivity contribution in [3.8, 4) is 11.8 Å². The zero-order valence-electron chi connectivity index (χ0n) is 11.0. The van der Waals surface area contributed by atoms with Gasteiger partial charge in [0.25, 0.3) is 0 Å². The molecule has 7 nitrogen and oxygen atoms in total. The molecular weight excluding hydrogens is 306 g/mol. The molecule has 1 rings (SSSR count). The number of aromatic nitrogens is 1. The molecule has 0 aromatic carbocycles. The molecule has 0 aliphatic heterocycles. The minimum absolute atomic E-state index is 0.126. The molecule has 0 saturated heterocycles. The monoisotopic (exact) mass is 323 g/mol. The molecule has 0 saturated carbocycles. The molecule has 9 heteroatoms. The van der Waals surface area contributed by atoms with Gasteiger partial charge in [-0.1, -0.05) is 6.42 Å². The van der Waals surface area contributed by atoms with E-state index in [1.165, 1.54) is 12.1 Å². The first-order valence-corrected chi connectivity index (χ1v) is 9.34. The molecular formula is C11H17NO6S2. The first kappa shape index (κ1) is 16.7. The van der Waals surface area contributed by atoms with Crippen molar-refractivity contribution >= 4 is 25.6 Å². The Balaban J connectivity index is 2.18. The number of hydrogen-bond acceptors (Lipinski definition) is 7. The van der Waals surface area contributed by atoms with Crippen LogP contribution in [0.3, 0.4) is 0 Å². The number of carbonyl (C=O) groups is 1. The summed E-state index contributed by atoms with van der Waals surface area (Å²) >= 11 is 0. The second kappa shape index (κ2) is 7.44. The molecule has 0 aliphatic carbocycles. The summed E-state index contributed by atoms with van der Waals surface area (Å²) in [6.07, 6.45) is 3.21. The van der Waals surface area contributed by atoms with Gasteiger partial charge in [0.2, 0.25) is 11.8 Å². The number of aromatic hydroxyl groups is 2. The van der Waals surface area contributed by atoms with Crippen molar-refractivity contribution in [2.75, 3.05) is 12.0 Å². The van der Waals surface area contributed by atoms with Crippen molar-refractivity contribution in [1.82, 2.24) is 4.73 Å². The second-order valence-electron chi connectivity index (χ2n) is 4.14. The minimum Gasteiger partial charge on any atom is -0.492 e. The molecule has 0 bridgehead atoms. The van der Waals surface area contributed by atoms with Gasteiger partial charge in [0.15, 0.2) is 8.87 Å². The molecule has 0 radical (unpaired) electrons. The Labute approximate surface area is 120 Å². The van der Waals surface area contributed by atoms with Crippen molar-refractivity contribution in [3.05, 3.63) is 12.1 Å². The highest BCUT2D eigenvalue weighted by Gasteiger charge is 2.11. The van der Waals surface area contributed by atoms with Gasteiger partial charge in [0.05, 0.1) is 0 Å². The summed E-state index contributed by atoms with van der Waals surface area (Å²) in [5.74, 6) is -0.809. The summed E-state index contributed by atoms with van der Waals surface area (Å²) in [5, 5.41) is 18.5. The van der Waals surface area contributed by atoms with E-state index >= 15 is 0 Å². The van der Waals surface area contributed by atoms with E-state index in [2.05, 4.69) is 0 Å². The van der Waals surface area contributed by atoms with Crippen LogP contribution in [0.25, 0.3) is 0 Å². The second-order valence-corrected chi connectivity index (χ2v) is 8.72. The molecule has 20 heavy (non-hydrogen) atoms. The zero-order valence-corrected chi connectivity index (χ0v) is 12.6. The lowest BCUT2D eigenvalue weighted by molar-refractivity contribution is -0.145. The Kier molecular flexibility index (Phi) is 6.21. The van der Waals surface area contributed by atoms with E-state index in [9.17, 15) is 23.4 Å². The average molecular weight is 323 g/mol. The first-order valence-electron chi connectivity index (χ1n) is 5.95. The third kappa shape index (κ3) is 6.20. The fourth-order valence-corrected chi connectivity index (χ4v) is 3.29. The maximum atomic E-state index is 11.4. The van der Waals surface area contributed by atoms with Gasteiger partial charge in [-0.2, -0.15) is 0 Å². The number of rotatable bonds is 8. The smallest absolute Gasteiger partial charge is 0.333 e. The van der Waals surface area contributed by atoms with E-state index in [1.54, 1.807) is 0 Å². The molecule has 0 amide bonds. The lowest BCUT2D eigenvalue weighted by Crippen LogP contribution is -2.18. The molecule has 0 spiro atoms. The van der Waals surface area contributed by atoms with Gasteiger partial charge in [0.1, 0.15) is 0 Å². The SMILES string of the molecule is CS(=O)(=O)SCCCCCC(=O)On1c(O)ccc1O. The van der Waals surface area contributed by atoms with Crippen molar-refractivity contribution < 1.29 is 28.3 Å². The number of carbonyl (C=O) groups excluding carboxylic acids is 1. The van der Waals surface area contributed by atoms with Crippen molar-refractivity contribution in [2.24, 2.45) is 0 Å². The number of unbranched alkanes of at least 4 members (excludes halogenated alkanes) is 2. The summed E-state index contributed by atoms with van der Waals surface area (Å²) in [6, 6.07) is 2.40. The average Bonchev–Trinajstić information content (AvgIpc) is 2.64. The van der Waals surface area contributed by atoms with Crippen molar-refractivity contribution in [1.29, 1.82) is 0 Å². The Morgan fingerprint density at radius 3 is 2.40 bits per heavy atom. The molecule has 0 unspecified atom stereocenters. The maximum absolute atomic E-state index is 11.4. The lowest BCUT2D eigenvalue weighted by Gasteiger charge is -2.06. The van der Waals surface area contributed by atoms with Crippen LogP contribution in [0.5, 0.6) is 11.8 Å². The van der Waals surface area contributed by atoms with Crippen LogP contribution in [0.4, 0.5) is 0 Å².